The molecule has 19 heavy (non-hydrogen) atoms. The first-order valence-corrected chi connectivity index (χ1v) is 8.44. The zero-order valence-corrected chi connectivity index (χ0v) is 13.0. The Bertz CT molecular complexity index is 526. The van der Waals surface area contributed by atoms with Gasteiger partial charge in [-0.15, -0.1) is 0 Å². The predicted molar refractivity (Wildman–Crippen MR) is 80.1 cm³/mol. The third-order valence-corrected chi connectivity index (χ3v) is 4.24. The zero-order valence-electron chi connectivity index (χ0n) is 12.2. The van der Waals surface area contributed by atoms with Crippen molar-refractivity contribution in [3.8, 4) is 0 Å². The van der Waals surface area contributed by atoms with Gasteiger partial charge in [0.25, 0.3) is 0 Å². The van der Waals surface area contributed by atoms with Gasteiger partial charge in [0, 0.05) is 25.4 Å². The first-order valence-electron chi connectivity index (χ1n) is 6.38. The fourth-order valence-electron chi connectivity index (χ4n) is 1.85. The second kappa shape index (κ2) is 6.50. The van der Waals surface area contributed by atoms with Crippen LogP contribution in [0.25, 0.3) is 0 Å². The van der Waals surface area contributed by atoms with Gasteiger partial charge >= 0.3 is 0 Å². The quantitative estimate of drug-likeness (QED) is 0.855. The number of benzene rings is 1. The molecule has 0 aliphatic heterocycles. The Labute approximate surface area is 116 Å². The molecule has 2 N–H and O–H groups in total. The molecule has 1 unspecified atom stereocenters. The van der Waals surface area contributed by atoms with Crippen LogP contribution in [-0.4, -0.2) is 45.5 Å². The molecule has 5 heteroatoms. The number of nitrogens with zero attached hydrogens (tertiary/aromatic N) is 1. The third kappa shape index (κ3) is 5.72. The van der Waals surface area contributed by atoms with Crippen LogP contribution < -0.4 is 5.73 Å². The average Bonchev–Trinajstić information content (AvgIpc) is 2.29. The Morgan fingerprint density at radius 3 is 2.42 bits per heavy atom. The number of aryl methyl sites for hydroxylation is 2. The summed E-state index contributed by atoms with van der Waals surface area (Å²) in [6.45, 7) is 5.30. The van der Waals surface area contributed by atoms with E-state index in [2.05, 4.69) is 26.0 Å². The number of nitrogens with two attached hydrogens (primary N) is 1. The molecule has 0 saturated carbocycles. The van der Waals surface area contributed by atoms with Gasteiger partial charge in [-0.3, -0.25) is 0 Å². The molecule has 1 aromatic carbocycles. The second-order valence-corrected chi connectivity index (χ2v) is 7.60. The fourth-order valence-corrected chi connectivity index (χ4v) is 2.49. The summed E-state index contributed by atoms with van der Waals surface area (Å²) in [4.78, 5) is 1.96. The zero-order chi connectivity index (χ0) is 14.6. The van der Waals surface area contributed by atoms with Crippen molar-refractivity contribution >= 4 is 9.84 Å². The maximum Gasteiger partial charge on any atom is 0.148 e. The highest BCUT2D eigenvalue weighted by Gasteiger charge is 2.11. The van der Waals surface area contributed by atoms with Crippen LogP contribution in [0.3, 0.4) is 0 Å². The van der Waals surface area contributed by atoms with E-state index < -0.39 is 9.84 Å². The van der Waals surface area contributed by atoms with E-state index in [0.717, 1.165) is 5.56 Å². The molecule has 0 aliphatic rings. The van der Waals surface area contributed by atoms with E-state index in [1.807, 2.05) is 18.0 Å². The molecule has 0 aromatic heterocycles. The highest BCUT2D eigenvalue weighted by molar-refractivity contribution is 7.90. The van der Waals surface area contributed by atoms with Gasteiger partial charge in [-0.05, 0) is 37.6 Å². The topological polar surface area (TPSA) is 63.4 Å². The average molecular weight is 284 g/mol. The molecule has 1 rings (SSSR count). The summed E-state index contributed by atoms with van der Waals surface area (Å²) in [6, 6.07) is 6.12. The summed E-state index contributed by atoms with van der Waals surface area (Å²) in [5, 5.41) is 0. The summed E-state index contributed by atoms with van der Waals surface area (Å²) in [5.74, 6) is 0.170. The van der Waals surface area contributed by atoms with Crippen molar-refractivity contribution in [1.82, 2.24) is 4.90 Å². The van der Waals surface area contributed by atoms with Gasteiger partial charge in [0.05, 0.1) is 5.75 Å². The predicted octanol–water partition coefficient (Wildman–Crippen LogP) is 1.28. The SMILES string of the molecule is Cc1ccc(C(N)CN(C)CCS(C)(=O)=O)cc1C. The molecule has 1 atom stereocenters. The molecule has 0 amide bonds. The molecule has 4 nitrogen and oxygen atoms in total. The minimum absolute atomic E-state index is 0.0936. The highest BCUT2D eigenvalue weighted by atomic mass is 32.2. The van der Waals surface area contributed by atoms with Crippen LogP contribution in [0.4, 0.5) is 0 Å². The van der Waals surface area contributed by atoms with Gasteiger partial charge < -0.3 is 10.6 Å². The first kappa shape index (κ1) is 16.1. The van der Waals surface area contributed by atoms with Crippen LogP contribution in [0.5, 0.6) is 0 Å². The number of rotatable bonds is 6. The summed E-state index contributed by atoms with van der Waals surface area (Å²) in [7, 11) is -1.02. The summed E-state index contributed by atoms with van der Waals surface area (Å²) in [6.07, 6.45) is 1.25. The molecule has 0 fully saturated rings. The number of hydrogen-bond acceptors (Lipinski definition) is 4. The van der Waals surface area contributed by atoms with Crippen LogP contribution in [0, 0.1) is 13.8 Å². The van der Waals surface area contributed by atoms with Gasteiger partial charge in [-0.1, -0.05) is 18.2 Å². The van der Waals surface area contributed by atoms with Gasteiger partial charge in [-0.25, -0.2) is 8.42 Å². The molecule has 0 spiro atoms. The molecule has 108 valence electrons. The Morgan fingerprint density at radius 2 is 1.89 bits per heavy atom. The standard InChI is InChI=1S/C14H24N2O2S/c1-11-5-6-13(9-12(11)2)14(15)10-16(3)7-8-19(4,17)18/h5-6,9,14H,7-8,10,15H2,1-4H3. The van der Waals surface area contributed by atoms with Gasteiger partial charge in [0.1, 0.15) is 9.84 Å². The second-order valence-electron chi connectivity index (χ2n) is 5.34. The van der Waals surface area contributed by atoms with Crippen molar-refractivity contribution in [3.63, 3.8) is 0 Å². The lowest BCUT2D eigenvalue weighted by Crippen LogP contribution is -2.32. The largest absolute Gasteiger partial charge is 0.323 e. The first-order chi connectivity index (χ1) is 8.69. The fraction of sp³-hybridized carbons (Fsp3) is 0.571. The number of hydrogen-bond donors (Lipinski definition) is 1. The third-order valence-electron chi connectivity index (χ3n) is 3.31. The van der Waals surface area contributed by atoms with Crippen LogP contribution in [0.15, 0.2) is 18.2 Å². The Balaban J connectivity index is 2.58. The molecule has 0 radical (unpaired) electrons. The molecule has 0 heterocycles. The lowest BCUT2D eigenvalue weighted by Gasteiger charge is -2.21. The van der Waals surface area contributed by atoms with Gasteiger partial charge in [0.15, 0.2) is 0 Å². The van der Waals surface area contributed by atoms with Gasteiger partial charge in [-0.2, -0.15) is 0 Å². The Morgan fingerprint density at radius 1 is 1.26 bits per heavy atom. The lowest BCUT2D eigenvalue weighted by molar-refractivity contribution is 0.329. The van der Waals surface area contributed by atoms with Crippen LogP contribution in [0.1, 0.15) is 22.7 Å². The summed E-state index contributed by atoms with van der Waals surface area (Å²) in [5.41, 5.74) is 9.73. The molecule has 1 aromatic rings. The molecule has 0 aliphatic carbocycles. The van der Waals surface area contributed by atoms with E-state index in [9.17, 15) is 8.42 Å². The highest BCUT2D eigenvalue weighted by Crippen LogP contribution is 2.16. The monoisotopic (exact) mass is 284 g/mol. The normalized spacial score (nSPS) is 13.8. The van der Waals surface area contributed by atoms with Crippen molar-refractivity contribution in [1.29, 1.82) is 0 Å². The van der Waals surface area contributed by atoms with E-state index >= 15 is 0 Å². The van der Waals surface area contributed by atoms with Crippen LogP contribution in [0.2, 0.25) is 0 Å². The van der Waals surface area contributed by atoms with Crippen molar-refractivity contribution in [2.24, 2.45) is 5.73 Å². The molecular formula is C14H24N2O2S. The van der Waals surface area contributed by atoms with E-state index in [1.165, 1.54) is 17.4 Å². The smallest absolute Gasteiger partial charge is 0.148 e. The maximum atomic E-state index is 11.1. The number of sulfone groups is 1. The van der Waals surface area contributed by atoms with Gasteiger partial charge in [0.2, 0.25) is 0 Å². The molecule has 0 saturated heterocycles. The van der Waals surface area contributed by atoms with E-state index in [0.29, 0.717) is 13.1 Å². The van der Waals surface area contributed by atoms with Crippen molar-refractivity contribution in [3.05, 3.63) is 34.9 Å². The van der Waals surface area contributed by atoms with Crippen LogP contribution >= 0.6 is 0 Å². The van der Waals surface area contributed by atoms with Crippen molar-refractivity contribution in [2.45, 2.75) is 19.9 Å². The minimum Gasteiger partial charge on any atom is -0.323 e. The maximum absolute atomic E-state index is 11.1. The summed E-state index contributed by atoms with van der Waals surface area (Å²) >= 11 is 0. The van der Waals surface area contributed by atoms with Crippen LogP contribution in [-0.2, 0) is 9.84 Å². The summed E-state index contributed by atoms with van der Waals surface area (Å²) < 4.78 is 22.2. The van der Waals surface area contributed by atoms with E-state index in [1.54, 1.807) is 0 Å². The van der Waals surface area contributed by atoms with Crippen molar-refractivity contribution < 1.29 is 8.42 Å². The van der Waals surface area contributed by atoms with E-state index in [4.69, 9.17) is 5.73 Å². The Kier molecular flexibility index (Phi) is 5.52. The lowest BCUT2D eigenvalue weighted by atomic mass is 10.0. The van der Waals surface area contributed by atoms with E-state index in [-0.39, 0.29) is 11.8 Å². The minimum atomic E-state index is -2.91. The molecule has 0 bridgehead atoms. The van der Waals surface area contributed by atoms with Crippen molar-refractivity contribution in [2.75, 3.05) is 32.1 Å². The number of likely N-dealkylation sites (N-methyl/N-ethyl adjacent to an activating group) is 1. The molecular weight excluding hydrogens is 260 g/mol. The Hall–Kier alpha value is -0.910.